The highest BCUT2D eigenvalue weighted by Gasteiger charge is 2.09. The minimum Gasteiger partial charge on any atom is -0.376 e. The molecule has 4 heteroatoms. The summed E-state index contributed by atoms with van der Waals surface area (Å²) in [5.41, 5.74) is 6.89. The molecule has 0 fully saturated rings. The summed E-state index contributed by atoms with van der Waals surface area (Å²) < 4.78 is 5.53. The van der Waals surface area contributed by atoms with E-state index in [-0.39, 0.29) is 6.10 Å². The largest absolute Gasteiger partial charge is 0.376 e. The fourth-order valence-electron chi connectivity index (χ4n) is 1.74. The van der Waals surface area contributed by atoms with E-state index in [1.165, 1.54) is 5.56 Å². The zero-order chi connectivity index (χ0) is 12.7. The van der Waals surface area contributed by atoms with E-state index in [2.05, 4.69) is 11.9 Å². The Morgan fingerprint density at radius 1 is 1.35 bits per heavy atom. The maximum Gasteiger partial charge on any atom is 0.0823 e. The van der Waals surface area contributed by atoms with Gasteiger partial charge in [0.2, 0.25) is 0 Å². The van der Waals surface area contributed by atoms with Crippen LogP contribution in [0.25, 0.3) is 0 Å². The maximum atomic E-state index is 5.85. The van der Waals surface area contributed by atoms with Gasteiger partial charge < -0.3 is 10.5 Å². The Balaban J connectivity index is 2.42. The highest BCUT2D eigenvalue weighted by atomic mass is 35.5. The van der Waals surface area contributed by atoms with Crippen molar-refractivity contribution < 1.29 is 4.74 Å². The van der Waals surface area contributed by atoms with Crippen LogP contribution >= 0.6 is 11.6 Å². The first kappa shape index (κ1) is 14.5. The smallest absolute Gasteiger partial charge is 0.0823 e. The van der Waals surface area contributed by atoms with Crippen LogP contribution in [0.1, 0.15) is 12.5 Å². The minimum atomic E-state index is 0.109. The van der Waals surface area contributed by atoms with Gasteiger partial charge in [0, 0.05) is 31.3 Å². The molecule has 0 heterocycles. The molecule has 17 heavy (non-hydrogen) atoms. The van der Waals surface area contributed by atoms with E-state index in [0.29, 0.717) is 13.2 Å². The Morgan fingerprint density at radius 3 is 2.53 bits per heavy atom. The third-order valence-electron chi connectivity index (χ3n) is 2.55. The quantitative estimate of drug-likeness (QED) is 0.812. The van der Waals surface area contributed by atoms with Crippen LogP contribution in [-0.2, 0) is 11.3 Å². The van der Waals surface area contributed by atoms with E-state index >= 15 is 0 Å². The number of rotatable bonds is 7. The van der Waals surface area contributed by atoms with E-state index in [1.807, 2.05) is 31.2 Å². The Morgan fingerprint density at radius 2 is 2.00 bits per heavy atom. The molecule has 2 N–H and O–H groups in total. The van der Waals surface area contributed by atoms with Gasteiger partial charge in [-0.2, -0.15) is 0 Å². The number of nitrogens with zero attached hydrogens (tertiary/aromatic N) is 1. The third kappa shape index (κ3) is 5.50. The molecule has 96 valence electrons. The SMILES string of the molecule is CCOC(CN)CN(C)Cc1ccc(Cl)cc1. The zero-order valence-electron chi connectivity index (χ0n) is 10.5. The first-order chi connectivity index (χ1) is 8.15. The van der Waals surface area contributed by atoms with Crippen LogP contribution in [0.4, 0.5) is 0 Å². The highest BCUT2D eigenvalue weighted by Crippen LogP contribution is 2.11. The van der Waals surface area contributed by atoms with Gasteiger partial charge in [-0.15, -0.1) is 0 Å². The summed E-state index contributed by atoms with van der Waals surface area (Å²) >= 11 is 5.85. The lowest BCUT2D eigenvalue weighted by Crippen LogP contribution is -2.36. The summed E-state index contributed by atoms with van der Waals surface area (Å²) in [6, 6.07) is 7.90. The molecular weight excluding hydrogens is 236 g/mol. The summed E-state index contributed by atoms with van der Waals surface area (Å²) in [7, 11) is 2.07. The van der Waals surface area contributed by atoms with Crippen molar-refractivity contribution in [2.75, 3.05) is 26.7 Å². The monoisotopic (exact) mass is 256 g/mol. The second-order valence-corrected chi connectivity index (χ2v) is 4.57. The Hall–Kier alpha value is -0.610. The van der Waals surface area contributed by atoms with Gasteiger partial charge in [0.1, 0.15) is 0 Å². The summed E-state index contributed by atoms with van der Waals surface area (Å²) in [5, 5.41) is 0.769. The fraction of sp³-hybridized carbons (Fsp3) is 0.538. The predicted molar refractivity (Wildman–Crippen MR) is 72.3 cm³/mol. The molecule has 0 aliphatic carbocycles. The average Bonchev–Trinajstić information content (AvgIpc) is 2.31. The lowest BCUT2D eigenvalue weighted by Gasteiger charge is -2.23. The molecule has 0 spiro atoms. The third-order valence-corrected chi connectivity index (χ3v) is 2.80. The Labute approximate surface area is 109 Å². The molecule has 1 unspecified atom stereocenters. The van der Waals surface area contributed by atoms with Crippen molar-refractivity contribution in [3.63, 3.8) is 0 Å². The molecule has 1 aromatic rings. The van der Waals surface area contributed by atoms with E-state index in [4.69, 9.17) is 22.1 Å². The average molecular weight is 257 g/mol. The number of nitrogens with two attached hydrogens (primary N) is 1. The second-order valence-electron chi connectivity index (χ2n) is 4.14. The van der Waals surface area contributed by atoms with Crippen LogP contribution in [0.15, 0.2) is 24.3 Å². The van der Waals surface area contributed by atoms with Gasteiger partial charge in [0.25, 0.3) is 0 Å². The van der Waals surface area contributed by atoms with E-state index in [0.717, 1.165) is 18.1 Å². The molecule has 3 nitrogen and oxygen atoms in total. The first-order valence-electron chi connectivity index (χ1n) is 5.90. The molecule has 1 aromatic carbocycles. The van der Waals surface area contributed by atoms with Crippen LogP contribution < -0.4 is 5.73 Å². The van der Waals surface area contributed by atoms with E-state index < -0.39 is 0 Å². The van der Waals surface area contributed by atoms with Crippen molar-refractivity contribution in [1.29, 1.82) is 0 Å². The van der Waals surface area contributed by atoms with E-state index in [9.17, 15) is 0 Å². The molecule has 1 atom stereocenters. The minimum absolute atomic E-state index is 0.109. The molecule has 0 aliphatic rings. The Kier molecular flexibility index (Phi) is 6.52. The van der Waals surface area contributed by atoms with Gasteiger partial charge in [-0.25, -0.2) is 0 Å². The van der Waals surface area contributed by atoms with Gasteiger partial charge in [-0.1, -0.05) is 23.7 Å². The van der Waals surface area contributed by atoms with Gasteiger partial charge in [0.15, 0.2) is 0 Å². The van der Waals surface area contributed by atoms with Crippen LogP contribution in [0.5, 0.6) is 0 Å². The van der Waals surface area contributed by atoms with Gasteiger partial charge in [-0.05, 0) is 31.7 Å². The predicted octanol–water partition coefficient (Wildman–Crippen LogP) is 2.14. The van der Waals surface area contributed by atoms with Crippen molar-refractivity contribution >= 4 is 11.6 Å². The van der Waals surface area contributed by atoms with Crippen molar-refractivity contribution in [1.82, 2.24) is 4.90 Å². The molecule has 1 rings (SSSR count). The maximum absolute atomic E-state index is 5.85. The number of hydrogen-bond donors (Lipinski definition) is 1. The number of ether oxygens (including phenoxy) is 1. The van der Waals surface area contributed by atoms with Crippen LogP contribution in [0.2, 0.25) is 5.02 Å². The lowest BCUT2D eigenvalue weighted by atomic mass is 10.2. The van der Waals surface area contributed by atoms with Gasteiger partial charge in [0.05, 0.1) is 6.10 Å². The molecular formula is C13H21ClN2O. The number of benzene rings is 1. The second kappa shape index (κ2) is 7.67. The lowest BCUT2D eigenvalue weighted by molar-refractivity contribution is 0.0437. The molecule has 0 aromatic heterocycles. The van der Waals surface area contributed by atoms with Crippen molar-refractivity contribution in [3.05, 3.63) is 34.9 Å². The van der Waals surface area contributed by atoms with E-state index in [1.54, 1.807) is 0 Å². The van der Waals surface area contributed by atoms with Crippen LogP contribution in [-0.4, -0.2) is 37.7 Å². The normalized spacial score (nSPS) is 13.0. The molecule has 0 amide bonds. The summed E-state index contributed by atoms with van der Waals surface area (Å²) in [5.74, 6) is 0. The molecule has 0 bridgehead atoms. The topological polar surface area (TPSA) is 38.5 Å². The van der Waals surface area contributed by atoms with Gasteiger partial charge >= 0.3 is 0 Å². The number of likely N-dealkylation sites (N-methyl/N-ethyl adjacent to an activating group) is 1. The molecule has 0 radical (unpaired) electrons. The van der Waals surface area contributed by atoms with Crippen molar-refractivity contribution in [3.8, 4) is 0 Å². The Bertz CT molecular complexity index is 316. The molecule has 0 saturated heterocycles. The summed E-state index contributed by atoms with van der Waals surface area (Å²) in [4.78, 5) is 2.20. The fourth-order valence-corrected chi connectivity index (χ4v) is 1.87. The number of halogens is 1. The first-order valence-corrected chi connectivity index (χ1v) is 6.28. The highest BCUT2D eigenvalue weighted by molar-refractivity contribution is 6.30. The summed E-state index contributed by atoms with van der Waals surface area (Å²) in [6.45, 7) is 4.96. The van der Waals surface area contributed by atoms with Crippen molar-refractivity contribution in [2.24, 2.45) is 5.73 Å². The molecule has 0 saturated carbocycles. The summed E-state index contributed by atoms with van der Waals surface area (Å²) in [6.07, 6.45) is 0.109. The standard InChI is InChI=1S/C13H21ClN2O/c1-3-17-13(8-15)10-16(2)9-11-4-6-12(14)7-5-11/h4-7,13H,3,8-10,15H2,1-2H3. The number of hydrogen-bond acceptors (Lipinski definition) is 3. The van der Waals surface area contributed by atoms with Gasteiger partial charge in [-0.3, -0.25) is 4.90 Å². The van der Waals surface area contributed by atoms with Crippen LogP contribution in [0.3, 0.4) is 0 Å². The zero-order valence-corrected chi connectivity index (χ0v) is 11.3. The molecule has 0 aliphatic heterocycles. The van der Waals surface area contributed by atoms with Crippen LogP contribution in [0, 0.1) is 0 Å². The van der Waals surface area contributed by atoms with Crippen molar-refractivity contribution in [2.45, 2.75) is 19.6 Å².